The number of carbonyl (C=O) groups is 1. The Labute approximate surface area is 108 Å². The van der Waals surface area contributed by atoms with E-state index in [1.807, 2.05) is 31.2 Å². The zero-order chi connectivity index (χ0) is 13.1. The molecule has 1 aliphatic rings. The number of aliphatic hydroxyl groups excluding tert-OH is 1. The molecule has 0 bridgehead atoms. The van der Waals surface area contributed by atoms with Crippen molar-refractivity contribution < 1.29 is 9.90 Å². The van der Waals surface area contributed by atoms with Crippen molar-refractivity contribution in [1.82, 2.24) is 4.90 Å². The normalized spacial score (nSPS) is 24.1. The van der Waals surface area contributed by atoms with Gasteiger partial charge in [-0.1, -0.05) is 26.0 Å². The molecule has 1 aromatic carbocycles. The molecular formula is C15H21NO2. The molecule has 1 heterocycles. The van der Waals surface area contributed by atoms with Gasteiger partial charge in [-0.15, -0.1) is 0 Å². The first kappa shape index (κ1) is 13.1. The van der Waals surface area contributed by atoms with E-state index in [1.165, 1.54) is 5.56 Å². The van der Waals surface area contributed by atoms with Crippen LogP contribution in [0, 0.1) is 5.92 Å². The topological polar surface area (TPSA) is 40.5 Å². The van der Waals surface area contributed by atoms with Crippen molar-refractivity contribution in [2.45, 2.75) is 32.8 Å². The molecule has 0 spiro atoms. The van der Waals surface area contributed by atoms with Crippen LogP contribution in [0.3, 0.4) is 0 Å². The summed E-state index contributed by atoms with van der Waals surface area (Å²) in [6.45, 7) is 5.32. The third-order valence-corrected chi connectivity index (χ3v) is 3.82. The Hall–Kier alpha value is -1.35. The number of piperidine rings is 1. The van der Waals surface area contributed by atoms with E-state index in [9.17, 15) is 9.90 Å². The standard InChI is InChI=1S/C15H21NO2/c1-3-12-4-6-13(7-5-12)15(18)16-9-8-11(2)14(17)10-16/h4-7,11,14,17H,3,8-10H2,1-2H3. The minimum absolute atomic E-state index is 0.0311. The van der Waals surface area contributed by atoms with Crippen molar-refractivity contribution in [1.29, 1.82) is 0 Å². The van der Waals surface area contributed by atoms with Gasteiger partial charge in [0.05, 0.1) is 6.10 Å². The van der Waals surface area contributed by atoms with Gasteiger partial charge < -0.3 is 10.0 Å². The van der Waals surface area contributed by atoms with Gasteiger partial charge in [0.2, 0.25) is 0 Å². The maximum Gasteiger partial charge on any atom is 0.253 e. The number of nitrogens with zero attached hydrogens (tertiary/aromatic N) is 1. The molecule has 1 amide bonds. The van der Waals surface area contributed by atoms with Crippen molar-refractivity contribution in [3.63, 3.8) is 0 Å². The Morgan fingerprint density at radius 1 is 1.39 bits per heavy atom. The van der Waals surface area contributed by atoms with Crippen LogP contribution in [-0.4, -0.2) is 35.1 Å². The van der Waals surface area contributed by atoms with Gasteiger partial charge in [0.1, 0.15) is 0 Å². The first-order valence-corrected chi connectivity index (χ1v) is 6.68. The van der Waals surface area contributed by atoms with Gasteiger partial charge in [-0.25, -0.2) is 0 Å². The number of aliphatic hydroxyl groups is 1. The molecule has 0 radical (unpaired) electrons. The number of amides is 1. The predicted octanol–water partition coefficient (Wildman–Crippen LogP) is 2.09. The molecule has 18 heavy (non-hydrogen) atoms. The van der Waals surface area contributed by atoms with E-state index >= 15 is 0 Å². The number of carbonyl (C=O) groups excluding carboxylic acids is 1. The minimum atomic E-state index is -0.391. The van der Waals surface area contributed by atoms with Gasteiger partial charge in [-0.2, -0.15) is 0 Å². The van der Waals surface area contributed by atoms with Gasteiger partial charge in [0, 0.05) is 18.7 Å². The summed E-state index contributed by atoms with van der Waals surface area (Å²) in [4.78, 5) is 14.0. The average molecular weight is 247 g/mol. The summed E-state index contributed by atoms with van der Waals surface area (Å²) in [5.74, 6) is 0.320. The Bertz CT molecular complexity index is 413. The van der Waals surface area contributed by atoms with Crippen molar-refractivity contribution in [3.05, 3.63) is 35.4 Å². The largest absolute Gasteiger partial charge is 0.391 e. The third kappa shape index (κ3) is 2.72. The fourth-order valence-electron chi connectivity index (χ4n) is 2.30. The monoisotopic (exact) mass is 247 g/mol. The van der Waals surface area contributed by atoms with E-state index in [0.29, 0.717) is 12.1 Å². The van der Waals surface area contributed by atoms with E-state index in [-0.39, 0.29) is 11.8 Å². The van der Waals surface area contributed by atoms with Crippen LogP contribution >= 0.6 is 0 Å². The van der Waals surface area contributed by atoms with Crippen LogP contribution < -0.4 is 0 Å². The lowest BCUT2D eigenvalue weighted by molar-refractivity contribution is 0.0248. The third-order valence-electron chi connectivity index (χ3n) is 3.82. The minimum Gasteiger partial charge on any atom is -0.391 e. The predicted molar refractivity (Wildman–Crippen MR) is 71.5 cm³/mol. The van der Waals surface area contributed by atoms with Crippen LogP contribution in [-0.2, 0) is 6.42 Å². The van der Waals surface area contributed by atoms with Crippen molar-refractivity contribution in [2.24, 2.45) is 5.92 Å². The lowest BCUT2D eigenvalue weighted by atomic mass is 9.95. The number of benzene rings is 1. The highest BCUT2D eigenvalue weighted by Crippen LogP contribution is 2.19. The Kier molecular flexibility index (Phi) is 4.02. The van der Waals surface area contributed by atoms with Gasteiger partial charge in [-0.3, -0.25) is 4.79 Å². The molecule has 0 aromatic heterocycles. The van der Waals surface area contributed by atoms with Crippen LogP contribution in [0.1, 0.15) is 36.2 Å². The molecule has 98 valence electrons. The molecule has 1 N–H and O–H groups in total. The number of rotatable bonds is 2. The molecule has 1 fully saturated rings. The van der Waals surface area contributed by atoms with Crippen LogP contribution in [0.4, 0.5) is 0 Å². The fraction of sp³-hybridized carbons (Fsp3) is 0.533. The number of aryl methyl sites for hydroxylation is 1. The van der Waals surface area contributed by atoms with Crippen molar-refractivity contribution in [2.75, 3.05) is 13.1 Å². The van der Waals surface area contributed by atoms with E-state index in [4.69, 9.17) is 0 Å². The molecule has 1 aromatic rings. The van der Waals surface area contributed by atoms with Gasteiger partial charge in [-0.05, 0) is 36.5 Å². The second-order valence-corrected chi connectivity index (χ2v) is 5.13. The number of hydrogen-bond donors (Lipinski definition) is 1. The summed E-state index contributed by atoms with van der Waals surface area (Å²) < 4.78 is 0. The highest BCUT2D eigenvalue weighted by molar-refractivity contribution is 5.94. The molecule has 2 unspecified atom stereocenters. The molecule has 0 aliphatic carbocycles. The highest BCUT2D eigenvalue weighted by atomic mass is 16.3. The van der Waals surface area contributed by atoms with E-state index < -0.39 is 6.10 Å². The Balaban J connectivity index is 2.06. The first-order valence-electron chi connectivity index (χ1n) is 6.68. The Morgan fingerprint density at radius 3 is 2.61 bits per heavy atom. The lowest BCUT2D eigenvalue weighted by Crippen LogP contribution is -2.45. The molecule has 2 rings (SSSR count). The highest BCUT2D eigenvalue weighted by Gasteiger charge is 2.27. The van der Waals surface area contributed by atoms with Gasteiger partial charge in [0.15, 0.2) is 0 Å². The smallest absolute Gasteiger partial charge is 0.253 e. The maximum absolute atomic E-state index is 12.3. The van der Waals surface area contributed by atoms with Crippen molar-refractivity contribution in [3.8, 4) is 0 Å². The second kappa shape index (κ2) is 5.53. The number of hydrogen-bond acceptors (Lipinski definition) is 2. The summed E-state index contributed by atoms with van der Waals surface area (Å²) in [6.07, 6.45) is 1.46. The SMILES string of the molecule is CCc1ccc(C(=O)N2CCC(C)C(O)C2)cc1. The van der Waals surface area contributed by atoms with Crippen LogP contribution in [0.2, 0.25) is 0 Å². The zero-order valence-corrected chi connectivity index (χ0v) is 11.1. The average Bonchev–Trinajstić information content (AvgIpc) is 2.41. The van der Waals surface area contributed by atoms with Crippen molar-refractivity contribution >= 4 is 5.91 Å². The van der Waals surface area contributed by atoms with E-state index in [1.54, 1.807) is 4.90 Å². The van der Waals surface area contributed by atoms with Gasteiger partial charge in [0.25, 0.3) is 5.91 Å². The van der Waals surface area contributed by atoms with Crippen LogP contribution in [0.15, 0.2) is 24.3 Å². The molecule has 2 atom stereocenters. The number of β-amino-alcohol motifs (C(OH)–C–C–N with tert-alkyl or cyclic N) is 1. The summed E-state index contributed by atoms with van der Waals surface area (Å²) in [5, 5.41) is 9.83. The molecule has 1 saturated heterocycles. The number of likely N-dealkylation sites (tertiary alicyclic amines) is 1. The van der Waals surface area contributed by atoms with Crippen LogP contribution in [0.25, 0.3) is 0 Å². The Morgan fingerprint density at radius 2 is 2.06 bits per heavy atom. The maximum atomic E-state index is 12.3. The van der Waals surface area contributed by atoms with Gasteiger partial charge >= 0.3 is 0 Å². The van der Waals surface area contributed by atoms with Crippen LogP contribution in [0.5, 0.6) is 0 Å². The molecule has 3 heteroatoms. The molecule has 0 saturated carbocycles. The summed E-state index contributed by atoms with van der Waals surface area (Å²) in [5.41, 5.74) is 1.95. The second-order valence-electron chi connectivity index (χ2n) is 5.13. The zero-order valence-electron chi connectivity index (χ0n) is 11.1. The fourth-order valence-corrected chi connectivity index (χ4v) is 2.30. The molecule has 3 nitrogen and oxygen atoms in total. The molecule has 1 aliphatic heterocycles. The molecular weight excluding hydrogens is 226 g/mol. The lowest BCUT2D eigenvalue weighted by Gasteiger charge is -2.34. The quantitative estimate of drug-likeness (QED) is 0.869. The summed E-state index contributed by atoms with van der Waals surface area (Å²) >= 11 is 0. The summed E-state index contributed by atoms with van der Waals surface area (Å²) in [7, 11) is 0. The van der Waals surface area contributed by atoms with E-state index in [2.05, 4.69) is 6.92 Å². The van der Waals surface area contributed by atoms with E-state index in [0.717, 1.165) is 19.4 Å². The first-order chi connectivity index (χ1) is 8.61. The summed E-state index contributed by atoms with van der Waals surface area (Å²) in [6, 6.07) is 7.75.